The Kier molecular flexibility index (Phi) is 8.91. The molecule has 41 heavy (non-hydrogen) atoms. The Morgan fingerprint density at radius 1 is 0.951 bits per heavy atom. The van der Waals surface area contributed by atoms with E-state index in [-0.39, 0.29) is 30.7 Å². The molecule has 1 atom stereocenters. The van der Waals surface area contributed by atoms with Crippen LogP contribution in [0.5, 0.6) is 0 Å². The standard InChI is InChI=1S/C33H31Cl2N3O3/c1-2-36-32(40)29(19-22-9-4-3-5-10-22)38(21-24-16-17-25(34)20-27(24)35)30(39)15-8-18-37-28-14-7-12-23-11-6-13-26(31(23)28)33(37)41/h3-7,9-14,16-17,20,29H,2,8,15,18-19,21H2,1H3,(H,36,40)/t29-/m0/s1. The van der Waals surface area contributed by atoms with Crippen LogP contribution in [-0.4, -0.2) is 41.8 Å². The maximum atomic E-state index is 13.9. The number of nitrogens with zero attached hydrogens (tertiary/aromatic N) is 2. The van der Waals surface area contributed by atoms with E-state index in [0.717, 1.165) is 22.0 Å². The number of nitrogens with one attached hydrogen (secondary N) is 1. The van der Waals surface area contributed by atoms with Crippen molar-refractivity contribution in [1.82, 2.24) is 10.2 Å². The van der Waals surface area contributed by atoms with Gasteiger partial charge in [-0.15, -0.1) is 0 Å². The fraction of sp³-hybridized carbons (Fsp3) is 0.242. The second-order valence-corrected chi connectivity index (χ2v) is 10.9. The predicted molar refractivity (Wildman–Crippen MR) is 164 cm³/mol. The lowest BCUT2D eigenvalue weighted by molar-refractivity contribution is -0.141. The van der Waals surface area contributed by atoms with E-state index in [1.165, 1.54) is 0 Å². The largest absolute Gasteiger partial charge is 0.355 e. The van der Waals surface area contributed by atoms with Crippen LogP contribution in [0.25, 0.3) is 10.8 Å². The molecule has 4 aromatic carbocycles. The molecule has 4 aromatic rings. The van der Waals surface area contributed by atoms with Gasteiger partial charge < -0.3 is 15.1 Å². The molecule has 0 radical (unpaired) electrons. The number of anilines is 1. The van der Waals surface area contributed by atoms with Crippen molar-refractivity contribution in [1.29, 1.82) is 0 Å². The molecule has 0 saturated carbocycles. The van der Waals surface area contributed by atoms with Gasteiger partial charge in [-0.3, -0.25) is 14.4 Å². The van der Waals surface area contributed by atoms with Crippen molar-refractivity contribution in [3.8, 4) is 0 Å². The minimum absolute atomic E-state index is 0.0571. The molecule has 0 fully saturated rings. The highest BCUT2D eigenvalue weighted by Crippen LogP contribution is 2.37. The zero-order valence-corrected chi connectivity index (χ0v) is 24.3. The Morgan fingerprint density at radius 3 is 2.44 bits per heavy atom. The van der Waals surface area contributed by atoms with Gasteiger partial charge in [0.2, 0.25) is 11.8 Å². The topological polar surface area (TPSA) is 69.7 Å². The SMILES string of the molecule is CCNC(=O)[C@H](Cc1ccccc1)N(Cc1ccc(Cl)cc1Cl)C(=O)CCCN1C(=O)c2cccc3cccc1c23. The summed E-state index contributed by atoms with van der Waals surface area (Å²) in [6.45, 7) is 2.83. The first kappa shape index (κ1) is 28.7. The van der Waals surface area contributed by atoms with Crippen molar-refractivity contribution in [3.05, 3.63) is 112 Å². The molecule has 0 aromatic heterocycles. The molecular weight excluding hydrogens is 557 g/mol. The zero-order valence-electron chi connectivity index (χ0n) is 22.8. The summed E-state index contributed by atoms with van der Waals surface area (Å²) in [4.78, 5) is 43.8. The smallest absolute Gasteiger partial charge is 0.258 e. The molecule has 0 spiro atoms. The van der Waals surface area contributed by atoms with Crippen LogP contribution in [0, 0.1) is 0 Å². The summed E-state index contributed by atoms with van der Waals surface area (Å²) in [5.41, 5.74) is 3.19. The Morgan fingerprint density at radius 2 is 1.71 bits per heavy atom. The van der Waals surface area contributed by atoms with Gasteiger partial charge in [0.15, 0.2) is 0 Å². The van der Waals surface area contributed by atoms with E-state index in [2.05, 4.69) is 5.32 Å². The van der Waals surface area contributed by atoms with E-state index < -0.39 is 6.04 Å². The highest BCUT2D eigenvalue weighted by atomic mass is 35.5. The van der Waals surface area contributed by atoms with Gasteiger partial charge in [-0.05, 0) is 54.1 Å². The number of halogens is 2. The summed E-state index contributed by atoms with van der Waals surface area (Å²) >= 11 is 12.6. The van der Waals surface area contributed by atoms with Gasteiger partial charge in [-0.2, -0.15) is 0 Å². The molecule has 3 amide bonds. The third-order valence-corrected chi connectivity index (χ3v) is 7.99. The lowest BCUT2D eigenvalue weighted by atomic mass is 10.0. The molecule has 1 aliphatic rings. The number of hydrogen-bond acceptors (Lipinski definition) is 3. The third kappa shape index (κ3) is 6.24. The summed E-state index contributed by atoms with van der Waals surface area (Å²) in [5.74, 6) is -0.476. The van der Waals surface area contributed by atoms with Crippen LogP contribution in [0.2, 0.25) is 10.0 Å². The number of benzene rings is 4. The van der Waals surface area contributed by atoms with Gasteiger partial charge in [0, 0.05) is 53.5 Å². The third-order valence-electron chi connectivity index (χ3n) is 7.40. The number of hydrogen-bond donors (Lipinski definition) is 1. The minimum Gasteiger partial charge on any atom is -0.355 e. The van der Waals surface area contributed by atoms with Gasteiger partial charge in [0.1, 0.15) is 6.04 Å². The molecular formula is C33H31Cl2N3O3. The van der Waals surface area contributed by atoms with Crippen LogP contribution in [-0.2, 0) is 22.6 Å². The fourth-order valence-electron chi connectivity index (χ4n) is 5.41. The van der Waals surface area contributed by atoms with E-state index in [1.807, 2.05) is 73.7 Å². The van der Waals surface area contributed by atoms with Gasteiger partial charge in [0.05, 0.1) is 5.69 Å². The van der Waals surface area contributed by atoms with Crippen LogP contribution in [0.3, 0.4) is 0 Å². The molecule has 1 heterocycles. The maximum absolute atomic E-state index is 13.9. The number of amides is 3. The molecule has 0 unspecified atom stereocenters. The van der Waals surface area contributed by atoms with E-state index in [1.54, 1.807) is 28.0 Å². The Bertz CT molecular complexity index is 1590. The summed E-state index contributed by atoms with van der Waals surface area (Å²) in [6, 6.07) is 25.6. The van der Waals surface area contributed by atoms with E-state index >= 15 is 0 Å². The lowest BCUT2D eigenvalue weighted by Crippen LogP contribution is -2.50. The van der Waals surface area contributed by atoms with Gasteiger partial charge >= 0.3 is 0 Å². The van der Waals surface area contributed by atoms with Crippen molar-refractivity contribution in [2.24, 2.45) is 0 Å². The number of rotatable bonds is 11. The second-order valence-electron chi connectivity index (χ2n) is 10.1. The second kappa shape index (κ2) is 12.8. The van der Waals surface area contributed by atoms with E-state index in [4.69, 9.17) is 23.2 Å². The van der Waals surface area contributed by atoms with Crippen LogP contribution >= 0.6 is 23.2 Å². The summed E-state index contributed by atoms with van der Waals surface area (Å²) < 4.78 is 0. The van der Waals surface area contributed by atoms with Crippen LogP contribution in [0.15, 0.2) is 84.9 Å². The highest BCUT2D eigenvalue weighted by Gasteiger charge is 2.32. The maximum Gasteiger partial charge on any atom is 0.258 e. The van der Waals surface area contributed by atoms with Crippen molar-refractivity contribution in [3.63, 3.8) is 0 Å². The van der Waals surface area contributed by atoms with E-state index in [9.17, 15) is 14.4 Å². The van der Waals surface area contributed by atoms with Gasteiger partial charge in [-0.1, -0.05) is 83.9 Å². The fourth-order valence-corrected chi connectivity index (χ4v) is 5.88. The minimum atomic E-state index is -0.747. The molecule has 1 N–H and O–H groups in total. The number of carbonyl (C=O) groups is 3. The molecule has 0 aliphatic carbocycles. The first-order chi connectivity index (χ1) is 19.9. The zero-order chi connectivity index (χ0) is 28.9. The van der Waals surface area contributed by atoms with Crippen LogP contribution in [0.1, 0.15) is 41.3 Å². The van der Waals surface area contributed by atoms with Crippen LogP contribution < -0.4 is 10.2 Å². The lowest BCUT2D eigenvalue weighted by Gasteiger charge is -2.32. The summed E-state index contributed by atoms with van der Waals surface area (Å²) in [5, 5.41) is 5.79. The first-order valence-electron chi connectivity index (χ1n) is 13.8. The Hall–Kier alpha value is -3.87. The van der Waals surface area contributed by atoms with Crippen molar-refractivity contribution in [2.75, 3.05) is 18.0 Å². The Labute approximate surface area is 249 Å². The highest BCUT2D eigenvalue weighted by molar-refractivity contribution is 6.35. The monoisotopic (exact) mass is 587 g/mol. The molecule has 6 nitrogen and oxygen atoms in total. The molecule has 8 heteroatoms. The average Bonchev–Trinajstić information content (AvgIpc) is 3.24. The van der Waals surface area contributed by atoms with E-state index in [0.29, 0.717) is 47.1 Å². The molecule has 0 bridgehead atoms. The van der Waals surface area contributed by atoms with Crippen molar-refractivity contribution in [2.45, 2.75) is 38.8 Å². The summed E-state index contributed by atoms with van der Waals surface area (Å²) in [7, 11) is 0. The van der Waals surface area contributed by atoms with Gasteiger partial charge in [-0.25, -0.2) is 0 Å². The molecule has 210 valence electrons. The predicted octanol–water partition coefficient (Wildman–Crippen LogP) is 6.66. The molecule has 0 saturated heterocycles. The first-order valence-corrected chi connectivity index (χ1v) is 14.5. The Balaban J connectivity index is 1.38. The number of carbonyl (C=O) groups excluding carboxylic acids is 3. The van der Waals surface area contributed by atoms with Crippen molar-refractivity contribution < 1.29 is 14.4 Å². The van der Waals surface area contributed by atoms with Crippen molar-refractivity contribution >= 4 is 57.4 Å². The van der Waals surface area contributed by atoms with Crippen LogP contribution in [0.4, 0.5) is 5.69 Å². The molecule has 5 rings (SSSR count). The normalized spacial score (nSPS) is 13.0. The van der Waals surface area contributed by atoms with Gasteiger partial charge in [0.25, 0.3) is 5.91 Å². The molecule has 1 aliphatic heterocycles. The average molecular weight is 589 g/mol. The quantitative estimate of drug-likeness (QED) is 0.213. The number of likely N-dealkylation sites (N-methyl/N-ethyl adjacent to an activating group) is 1. The summed E-state index contributed by atoms with van der Waals surface area (Å²) in [6.07, 6.45) is 0.949.